The molecule has 4 rings (SSSR count). The van der Waals surface area contributed by atoms with Gasteiger partial charge < -0.3 is 14.0 Å². The summed E-state index contributed by atoms with van der Waals surface area (Å²) < 4.78 is 13.3. The molecule has 0 bridgehead atoms. The minimum absolute atomic E-state index is 0.716. The molecule has 0 amide bonds. The summed E-state index contributed by atoms with van der Waals surface area (Å²) in [4.78, 5) is 4.83. The molecule has 30 heavy (non-hydrogen) atoms. The molecule has 4 aromatic rings. The van der Waals surface area contributed by atoms with Crippen LogP contribution in [0.3, 0.4) is 0 Å². The van der Waals surface area contributed by atoms with Crippen LogP contribution < -0.4 is 9.47 Å². The van der Waals surface area contributed by atoms with Crippen LogP contribution in [0.2, 0.25) is 0 Å². The molecule has 0 N–H and O–H groups in total. The highest BCUT2D eigenvalue weighted by molar-refractivity contribution is 5.79. The molecular formula is C26H26N2O2. The summed E-state index contributed by atoms with van der Waals surface area (Å²) in [6.07, 6.45) is 6.19. The van der Waals surface area contributed by atoms with Crippen molar-refractivity contribution in [2.75, 3.05) is 13.7 Å². The molecule has 4 heteroatoms. The van der Waals surface area contributed by atoms with Gasteiger partial charge in [-0.05, 0) is 60.9 Å². The van der Waals surface area contributed by atoms with Crippen molar-refractivity contribution in [1.29, 1.82) is 0 Å². The first-order valence-corrected chi connectivity index (χ1v) is 10.3. The van der Waals surface area contributed by atoms with Crippen molar-refractivity contribution < 1.29 is 9.47 Å². The molecule has 1 aromatic heterocycles. The highest BCUT2D eigenvalue weighted by Crippen LogP contribution is 2.20. The Bertz CT molecular complexity index is 1100. The lowest BCUT2D eigenvalue weighted by Gasteiger charge is -2.09. The number of rotatable bonds is 9. The fourth-order valence-corrected chi connectivity index (χ4v) is 3.42. The Labute approximate surface area is 177 Å². The fraction of sp³-hybridized carbons (Fsp3) is 0.192. The molecule has 0 saturated carbocycles. The second kappa shape index (κ2) is 9.79. The molecule has 0 aliphatic carbocycles. The quantitative estimate of drug-likeness (QED) is 0.321. The average Bonchev–Trinajstić information content (AvgIpc) is 3.16. The van der Waals surface area contributed by atoms with Gasteiger partial charge in [0, 0.05) is 6.54 Å². The van der Waals surface area contributed by atoms with Crippen molar-refractivity contribution in [2.45, 2.75) is 19.4 Å². The van der Waals surface area contributed by atoms with Gasteiger partial charge in [0.2, 0.25) is 0 Å². The maximum Gasteiger partial charge on any atom is 0.133 e. The van der Waals surface area contributed by atoms with Gasteiger partial charge in [-0.1, -0.05) is 48.5 Å². The summed E-state index contributed by atoms with van der Waals surface area (Å²) in [6, 6.07) is 26.3. The van der Waals surface area contributed by atoms with E-state index in [1.165, 1.54) is 0 Å². The largest absolute Gasteiger partial charge is 0.497 e. The van der Waals surface area contributed by atoms with Crippen molar-refractivity contribution in [1.82, 2.24) is 9.55 Å². The summed E-state index contributed by atoms with van der Waals surface area (Å²) in [6.45, 7) is 1.62. The first-order chi connectivity index (χ1) is 14.8. The van der Waals surface area contributed by atoms with Gasteiger partial charge in [0.25, 0.3) is 0 Å². The van der Waals surface area contributed by atoms with Gasteiger partial charge in [0.05, 0.1) is 24.8 Å². The van der Waals surface area contributed by atoms with E-state index in [0.717, 1.165) is 53.3 Å². The molecule has 0 fully saturated rings. The van der Waals surface area contributed by atoms with E-state index in [2.05, 4.69) is 34.9 Å². The Balaban J connectivity index is 1.44. The van der Waals surface area contributed by atoms with Crippen LogP contribution in [-0.4, -0.2) is 23.3 Å². The molecule has 0 saturated heterocycles. The normalized spacial score (nSPS) is 11.2. The molecule has 4 nitrogen and oxygen atoms in total. The van der Waals surface area contributed by atoms with Crippen LogP contribution >= 0.6 is 0 Å². The molecule has 152 valence electrons. The smallest absolute Gasteiger partial charge is 0.133 e. The van der Waals surface area contributed by atoms with Gasteiger partial charge >= 0.3 is 0 Å². The lowest BCUT2D eigenvalue weighted by molar-refractivity contribution is 0.303. The second-order valence-electron chi connectivity index (χ2n) is 7.09. The highest BCUT2D eigenvalue weighted by Gasteiger charge is 2.08. The molecule has 0 radical (unpaired) electrons. The molecule has 0 aliphatic rings. The summed E-state index contributed by atoms with van der Waals surface area (Å²) in [5.41, 5.74) is 3.30. The van der Waals surface area contributed by atoms with E-state index < -0.39 is 0 Å². The predicted octanol–water partition coefficient (Wildman–Crippen LogP) is 6.07. The number of para-hydroxylation sites is 3. The number of unbranched alkanes of at least 4 members (excludes halogenated alkanes) is 1. The van der Waals surface area contributed by atoms with Crippen molar-refractivity contribution in [3.8, 4) is 11.5 Å². The predicted molar refractivity (Wildman–Crippen MR) is 123 cm³/mol. The highest BCUT2D eigenvalue weighted by atomic mass is 16.5. The second-order valence-corrected chi connectivity index (χ2v) is 7.09. The zero-order valence-corrected chi connectivity index (χ0v) is 17.2. The molecular weight excluding hydrogens is 372 g/mol. The van der Waals surface area contributed by atoms with Crippen LogP contribution in [0.1, 0.15) is 24.2 Å². The molecule has 3 aromatic carbocycles. The molecule has 0 unspecified atom stereocenters. The number of fused-ring (bicyclic) bond motifs is 1. The molecule has 0 atom stereocenters. The van der Waals surface area contributed by atoms with Gasteiger partial charge in [0.15, 0.2) is 0 Å². The zero-order valence-electron chi connectivity index (χ0n) is 17.2. The van der Waals surface area contributed by atoms with Crippen molar-refractivity contribution in [3.05, 3.63) is 90.3 Å². The summed E-state index contributed by atoms with van der Waals surface area (Å²) in [5.74, 6) is 2.75. The van der Waals surface area contributed by atoms with E-state index in [0.29, 0.717) is 6.61 Å². The maximum atomic E-state index is 5.82. The third kappa shape index (κ3) is 4.90. The number of benzene rings is 3. The summed E-state index contributed by atoms with van der Waals surface area (Å²) >= 11 is 0. The number of imidazole rings is 1. The number of nitrogens with zero attached hydrogens (tertiary/aromatic N) is 2. The first-order valence-electron chi connectivity index (χ1n) is 10.3. The van der Waals surface area contributed by atoms with Crippen LogP contribution in [0, 0.1) is 0 Å². The third-order valence-electron chi connectivity index (χ3n) is 5.01. The topological polar surface area (TPSA) is 36.3 Å². The Morgan fingerprint density at radius 1 is 0.800 bits per heavy atom. The Morgan fingerprint density at radius 3 is 2.37 bits per heavy atom. The number of hydrogen-bond donors (Lipinski definition) is 0. The standard InChI is InChI=1S/C26H26N2O2/c1-29-22-16-13-21(14-17-22)15-18-26-27-24-11-5-6-12-25(24)28(26)19-7-8-20-30-23-9-3-2-4-10-23/h2-6,9-18H,7-8,19-20H2,1H3. The maximum absolute atomic E-state index is 5.82. The van der Waals surface area contributed by atoms with Crippen molar-refractivity contribution in [2.24, 2.45) is 0 Å². The summed E-state index contributed by atoms with van der Waals surface area (Å²) in [7, 11) is 1.68. The summed E-state index contributed by atoms with van der Waals surface area (Å²) in [5, 5.41) is 0. The van der Waals surface area contributed by atoms with E-state index in [4.69, 9.17) is 14.5 Å². The van der Waals surface area contributed by atoms with E-state index in [9.17, 15) is 0 Å². The van der Waals surface area contributed by atoms with Gasteiger partial charge in [-0.2, -0.15) is 0 Å². The van der Waals surface area contributed by atoms with E-state index >= 15 is 0 Å². The van der Waals surface area contributed by atoms with E-state index in [1.54, 1.807) is 7.11 Å². The average molecular weight is 399 g/mol. The Morgan fingerprint density at radius 2 is 1.57 bits per heavy atom. The Kier molecular flexibility index (Phi) is 6.45. The lowest BCUT2D eigenvalue weighted by atomic mass is 10.2. The van der Waals surface area contributed by atoms with Gasteiger partial charge in [-0.25, -0.2) is 4.98 Å². The van der Waals surface area contributed by atoms with Crippen LogP contribution in [0.15, 0.2) is 78.9 Å². The number of aromatic nitrogens is 2. The fourth-order valence-electron chi connectivity index (χ4n) is 3.42. The first kappa shape index (κ1) is 19.8. The number of methoxy groups -OCH3 is 1. The van der Waals surface area contributed by atoms with Crippen molar-refractivity contribution >= 4 is 23.2 Å². The molecule has 1 heterocycles. The van der Waals surface area contributed by atoms with Crippen LogP contribution in [-0.2, 0) is 6.54 Å². The molecule has 0 spiro atoms. The van der Waals surface area contributed by atoms with Gasteiger partial charge in [-0.3, -0.25) is 0 Å². The minimum Gasteiger partial charge on any atom is -0.497 e. The Hall–Kier alpha value is -3.53. The number of hydrogen-bond acceptors (Lipinski definition) is 3. The zero-order chi connectivity index (χ0) is 20.6. The van der Waals surface area contributed by atoms with Gasteiger partial charge in [-0.15, -0.1) is 0 Å². The van der Waals surface area contributed by atoms with Crippen LogP contribution in [0.4, 0.5) is 0 Å². The van der Waals surface area contributed by atoms with E-state index in [1.807, 2.05) is 60.7 Å². The third-order valence-corrected chi connectivity index (χ3v) is 5.01. The minimum atomic E-state index is 0.716. The van der Waals surface area contributed by atoms with E-state index in [-0.39, 0.29) is 0 Å². The van der Waals surface area contributed by atoms with Crippen LogP contribution in [0.25, 0.3) is 23.2 Å². The number of aryl methyl sites for hydroxylation is 1. The van der Waals surface area contributed by atoms with Crippen LogP contribution in [0.5, 0.6) is 11.5 Å². The van der Waals surface area contributed by atoms with Gasteiger partial charge in [0.1, 0.15) is 17.3 Å². The lowest BCUT2D eigenvalue weighted by Crippen LogP contribution is -2.04. The number of ether oxygens (including phenoxy) is 2. The monoisotopic (exact) mass is 398 g/mol. The SMILES string of the molecule is COc1ccc(C=Cc2nc3ccccc3n2CCCCOc2ccccc2)cc1. The molecule has 0 aliphatic heterocycles. The van der Waals surface area contributed by atoms with Crippen molar-refractivity contribution in [3.63, 3.8) is 0 Å².